The van der Waals surface area contributed by atoms with Crippen molar-refractivity contribution in [3.05, 3.63) is 271 Å². The largest absolute Gasteiger partial charge is 0.481 e. The van der Waals surface area contributed by atoms with Crippen LogP contribution in [-0.2, 0) is 22.4 Å². The van der Waals surface area contributed by atoms with Crippen LogP contribution < -0.4 is 10.6 Å². The number of hydrogen-bond acceptors (Lipinski definition) is 8. The van der Waals surface area contributed by atoms with Gasteiger partial charge in [0.25, 0.3) is 0 Å². The summed E-state index contributed by atoms with van der Waals surface area (Å²) < 4.78 is -0.214. The van der Waals surface area contributed by atoms with E-state index in [-0.39, 0.29) is 21.1 Å². The van der Waals surface area contributed by atoms with E-state index in [1.807, 2.05) is 13.0 Å². The van der Waals surface area contributed by atoms with E-state index in [4.69, 9.17) is 10.8 Å². The molecule has 0 fully saturated rings. The SMILES string of the molecule is Cc1ccc(C(=Cc2ccc(N(c3ccc(C=C(c4ccc(C)cc4)c4ccc(C)cc4)cc3)c3ccc(CCc4ccc(-c5ccc(/C=C(\N)C(=O)SC(C)SCC(=O)O)s5)s4)cc3)cc2)c2ccc(C)cc2)cc1. The number of carboxylic acid groups (broad SMARTS) is 1. The minimum Gasteiger partial charge on any atom is -0.481 e. The van der Waals surface area contributed by atoms with Gasteiger partial charge in [0.05, 0.1) is 16.0 Å². The first kappa shape index (κ1) is 53.4. The molecule has 0 spiro atoms. The van der Waals surface area contributed by atoms with Crippen molar-refractivity contribution in [2.24, 2.45) is 5.73 Å². The van der Waals surface area contributed by atoms with E-state index >= 15 is 0 Å². The Morgan fingerprint density at radius 1 is 0.513 bits per heavy atom. The number of benzene rings is 7. The van der Waals surface area contributed by atoms with Crippen LogP contribution in [0.1, 0.15) is 77.9 Å². The second-order valence-electron chi connectivity index (χ2n) is 19.0. The number of aryl methyl sites for hydroxylation is 6. The fourth-order valence-electron chi connectivity index (χ4n) is 8.76. The van der Waals surface area contributed by atoms with Crippen LogP contribution in [0, 0.1) is 27.7 Å². The van der Waals surface area contributed by atoms with Gasteiger partial charge in [-0.15, -0.1) is 34.4 Å². The zero-order chi connectivity index (χ0) is 53.1. The molecule has 1 atom stereocenters. The minimum atomic E-state index is -0.905. The first-order valence-corrected chi connectivity index (χ1v) is 28.9. The number of carbonyl (C=O) groups is 2. The molecule has 380 valence electrons. The molecule has 2 aromatic heterocycles. The average Bonchev–Trinajstić information content (AvgIpc) is 4.11. The highest BCUT2D eigenvalue weighted by Gasteiger charge is 2.17. The van der Waals surface area contributed by atoms with Gasteiger partial charge >= 0.3 is 5.97 Å². The van der Waals surface area contributed by atoms with Crippen molar-refractivity contribution in [2.45, 2.75) is 52.0 Å². The zero-order valence-electron chi connectivity index (χ0n) is 43.3. The number of aliphatic carboxylic acids is 1. The van der Waals surface area contributed by atoms with Crippen molar-refractivity contribution in [2.75, 3.05) is 10.7 Å². The molecular formula is C67H60N2O3S4. The molecule has 0 bridgehead atoms. The van der Waals surface area contributed by atoms with Gasteiger partial charge < -0.3 is 15.7 Å². The van der Waals surface area contributed by atoms with Crippen molar-refractivity contribution >= 4 is 104 Å². The third-order valence-corrected chi connectivity index (χ3v) is 17.7. The van der Waals surface area contributed by atoms with Gasteiger partial charge in [-0.2, -0.15) is 0 Å². The van der Waals surface area contributed by atoms with Gasteiger partial charge in [-0.25, -0.2) is 0 Å². The summed E-state index contributed by atoms with van der Waals surface area (Å²) in [7, 11) is 0. The molecule has 7 aromatic carbocycles. The van der Waals surface area contributed by atoms with Crippen LogP contribution in [0.3, 0.4) is 0 Å². The van der Waals surface area contributed by atoms with Crippen LogP contribution >= 0.6 is 46.2 Å². The lowest BCUT2D eigenvalue weighted by Gasteiger charge is -2.26. The predicted octanol–water partition coefficient (Wildman–Crippen LogP) is 17.9. The predicted molar refractivity (Wildman–Crippen MR) is 329 cm³/mol. The normalized spacial score (nSPS) is 11.7. The third-order valence-electron chi connectivity index (χ3n) is 13.0. The Balaban J connectivity index is 0.964. The van der Waals surface area contributed by atoms with Crippen molar-refractivity contribution in [1.82, 2.24) is 0 Å². The molecule has 5 nitrogen and oxygen atoms in total. The standard InChI is InChI=1S/C67H60N2O3S4/c1-44-6-21-52(22-7-44)61(53-23-8-45(2)9-24-53)40-50-16-31-57(32-17-50)69(58-33-18-51(19-34-58)41-62(54-25-10-46(3)11-26-54)55-27-12-47(4)13-28-55)56-29-14-49(15-30-56)20-35-59-36-38-64(75-59)65-39-37-60(76-65)42-63(68)67(72)74-48(5)73-43-66(70)71/h6-19,21-34,36-42,48H,20,35,43,68H2,1-5H3,(H,70,71)/b63-42-. The second-order valence-corrected chi connectivity index (χ2v) is 24.2. The molecule has 76 heavy (non-hydrogen) atoms. The van der Waals surface area contributed by atoms with Crippen molar-refractivity contribution in [1.29, 1.82) is 0 Å². The van der Waals surface area contributed by atoms with E-state index in [0.717, 1.165) is 62.5 Å². The molecule has 9 rings (SSSR count). The Labute approximate surface area is 464 Å². The monoisotopic (exact) mass is 1070 g/mol. The first-order valence-electron chi connectivity index (χ1n) is 25.3. The number of thiophene rings is 2. The Kier molecular flexibility index (Phi) is 17.5. The molecule has 1 unspecified atom stereocenters. The summed E-state index contributed by atoms with van der Waals surface area (Å²) >= 11 is 5.64. The van der Waals surface area contributed by atoms with Crippen molar-refractivity contribution in [3.8, 4) is 9.75 Å². The van der Waals surface area contributed by atoms with Gasteiger partial charge in [0.2, 0.25) is 5.12 Å². The summed E-state index contributed by atoms with van der Waals surface area (Å²) in [5, 5.41) is 8.71. The van der Waals surface area contributed by atoms with Gasteiger partial charge in [0, 0.05) is 36.6 Å². The lowest BCUT2D eigenvalue weighted by atomic mass is 9.94. The number of anilines is 3. The molecule has 0 aliphatic carbocycles. The molecule has 0 radical (unpaired) electrons. The maximum Gasteiger partial charge on any atom is 0.313 e. The quantitative estimate of drug-likeness (QED) is 0.0474. The van der Waals surface area contributed by atoms with Gasteiger partial charge in [-0.1, -0.05) is 167 Å². The van der Waals surface area contributed by atoms with Crippen LogP contribution in [0.2, 0.25) is 0 Å². The summed E-state index contributed by atoms with van der Waals surface area (Å²) in [6.07, 6.45) is 8.11. The number of hydrogen-bond donors (Lipinski definition) is 2. The smallest absolute Gasteiger partial charge is 0.313 e. The third kappa shape index (κ3) is 14.1. The number of rotatable bonds is 19. The summed E-state index contributed by atoms with van der Waals surface area (Å²) in [6, 6.07) is 70.3. The number of nitrogens with zero attached hydrogens (tertiary/aromatic N) is 1. The molecule has 0 aliphatic heterocycles. The molecule has 0 saturated carbocycles. The van der Waals surface area contributed by atoms with E-state index < -0.39 is 5.97 Å². The summed E-state index contributed by atoms with van der Waals surface area (Å²) in [5.41, 5.74) is 25.1. The molecule has 9 aromatic rings. The Bertz CT molecular complexity index is 3270. The molecule has 2 heterocycles. The highest BCUT2D eigenvalue weighted by Crippen LogP contribution is 2.39. The van der Waals surface area contributed by atoms with E-state index in [9.17, 15) is 9.59 Å². The topological polar surface area (TPSA) is 83.6 Å². The zero-order valence-corrected chi connectivity index (χ0v) is 46.6. The fraction of sp³-hybridized carbons (Fsp3) is 0.134. The van der Waals surface area contributed by atoms with Crippen LogP contribution in [0.15, 0.2) is 200 Å². The Morgan fingerprint density at radius 2 is 0.921 bits per heavy atom. The Morgan fingerprint density at radius 3 is 1.36 bits per heavy atom. The lowest BCUT2D eigenvalue weighted by Crippen LogP contribution is -2.11. The molecule has 0 saturated heterocycles. The first-order chi connectivity index (χ1) is 36.8. The number of carbonyl (C=O) groups excluding carboxylic acids is 1. The van der Waals surface area contributed by atoms with Crippen LogP contribution in [0.4, 0.5) is 17.1 Å². The molecule has 9 heteroatoms. The van der Waals surface area contributed by atoms with Gasteiger partial charge in [-0.3, -0.25) is 9.59 Å². The highest BCUT2D eigenvalue weighted by molar-refractivity contribution is 8.25. The maximum absolute atomic E-state index is 12.7. The lowest BCUT2D eigenvalue weighted by molar-refractivity contribution is -0.133. The molecule has 0 aliphatic rings. The summed E-state index contributed by atoms with van der Waals surface area (Å²) in [6.45, 7) is 10.3. The number of carboxylic acids is 1. The second kappa shape index (κ2) is 25.0. The maximum atomic E-state index is 12.7. The van der Waals surface area contributed by atoms with E-state index in [2.05, 4.69) is 233 Å². The number of nitrogens with two attached hydrogens (primary N) is 1. The van der Waals surface area contributed by atoms with Crippen LogP contribution in [0.5, 0.6) is 0 Å². The van der Waals surface area contributed by atoms with E-state index in [0.29, 0.717) is 0 Å². The minimum absolute atomic E-state index is 0.0595. The van der Waals surface area contributed by atoms with E-state index in [1.165, 1.54) is 82.7 Å². The number of thioether (sulfide) groups is 2. The van der Waals surface area contributed by atoms with E-state index in [1.54, 1.807) is 28.7 Å². The summed E-state index contributed by atoms with van der Waals surface area (Å²) in [5.74, 6) is -0.965. The molecule has 0 amide bonds. The molecular weight excluding hydrogens is 1010 g/mol. The van der Waals surface area contributed by atoms with Gasteiger partial charge in [0.1, 0.15) is 0 Å². The van der Waals surface area contributed by atoms with Crippen molar-refractivity contribution < 1.29 is 14.7 Å². The molecule has 3 N–H and O–H groups in total. The van der Waals surface area contributed by atoms with Gasteiger partial charge in [-0.05, 0) is 176 Å². The Hall–Kier alpha value is -7.40. The van der Waals surface area contributed by atoms with Gasteiger partial charge in [0.15, 0.2) is 0 Å². The van der Waals surface area contributed by atoms with Crippen LogP contribution in [0.25, 0.3) is 39.1 Å². The average molecular weight is 1070 g/mol. The van der Waals surface area contributed by atoms with Crippen molar-refractivity contribution in [3.63, 3.8) is 0 Å². The van der Waals surface area contributed by atoms with Crippen LogP contribution in [-0.4, -0.2) is 26.5 Å². The highest BCUT2D eigenvalue weighted by atomic mass is 32.2. The fourth-order valence-corrected chi connectivity index (χ4v) is 12.4. The summed E-state index contributed by atoms with van der Waals surface area (Å²) in [4.78, 5) is 30.5.